The minimum absolute atomic E-state index is 0.197. The van der Waals surface area contributed by atoms with Gasteiger partial charge >= 0.3 is 0 Å². The molecule has 1 aromatic carbocycles. The summed E-state index contributed by atoms with van der Waals surface area (Å²) in [5.41, 5.74) is 2.51. The first-order valence-corrected chi connectivity index (χ1v) is 8.71. The Balaban J connectivity index is 1.58. The molecule has 3 rings (SSSR count). The van der Waals surface area contributed by atoms with Gasteiger partial charge in [-0.1, -0.05) is 29.8 Å². The van der Waals surface area contributed by atoms with Crippen LogP contribution >= 0.6 is 0 Å². The second kappa shape index (κ2) is 8.22. The molecule has 0 saturated carbocycles. The van der Waals surface area contributed by atoms with E-state index in [1.807, 2.05) is 6.07 Å². The molecular formula is C19H26N4O. The number of nitrogens with one attached hydrogen (secondary N) is 1. The SMILES string of the molecule is Cc1ccc([C@H](CCO)NC2CCN(c3ncccn3)CC2)cc1. The fourth-order valence-corrected chi connectivity index (χ4v) is 3.26. The Morgan fingerprint density at radius 2 is 1.83 bits per heavy atom. The number of hydrogen-bond acceptors (Lipinski definition) is 5. The van der Waals surface area contributed by atoms with Crippen molar-refractivity contribution in [3.63, 3.8) is 0 Å². The predicted octanol–water partition coefficient (Wildman–Crippen LogP) is 2.47. The van der Waals surface area contributed by atoms with E-state index in [9.17, 15) is 5.11 Å². The van der Waals surface area contributed by atoms with Gasteiger partial charge in [0.15, 0.2) is 0 Å². The van der Waals surface area contributed by atoms with Crippen LogP contribution in [-0.4, -0.2) is 40.8 Å². The van der Waals surface area contributed by atoms with E-state index in [0.29, 0.717) is 6.04 Å². The average molecular weight is 326 g/mol. The molecule has 0 bridgehead atoms. The molecule has 24 heavy (non-hydrogen) atoms. The Morgan fingerprint density at radius 1 is 1.17 bits per heavy atom. The molecule has 1 saturated heterocycles. The highest BCUT2D eigenvalue weighted by molar-refractivity contribution is 5.29. The van der Waals surface area contributed by atoms with E-state index in [-0.39, 0.29) is 12.6 Å². The minimum atomic E-state index is 0.197. The van der Waals surface area contributed by atoms with Crippen molar-refractivity contribution in [2.24, 2.45) is 0 Å². The third kappa shape index (κ3) is 4.30. The zero-order chi connectivity index (χ0) is 16.8. The summed E-state index contributed by atoms with van der Waals surface area (Å²) < 4.78 is 0. The van der Waals surface area contributed by atoms with Gasteiger partial charge in [-0.3, -0.25) is 0 Å². The van der Waals surface area contributed by atoms with Crippen molar-refractivity contribution < 1.29 is 5.11 Å². The van der Waals surface area contributed by atoms with E-state index < -0.39 is 0 Å². The van der Waals surface area contributed by atoms with Gasteiger partial charge in [-0.15, -0.1) is 0 Å². The third-order valence-electron chi connectivity index (χ3n) is 4.66. The second-order valence-electron chi connectivity index (χ2n) is 6.45. The summed E-state index contributed by atoms with van der Waals surface area (Å²) in [4.78, 5) is 10.9. The smallest absolute Gasteiger partial charge is 0.225 e. The van der Waals surface area contributed by atoms with E-state index in [1.165, 1.54) is 11.1 Å². The molecule has 1 aromatic heterocycles. The summed E-state index contributed by atoms with van der Waals surface area (Å²) in [6.45, 7) is 4.21. The number of hydrogen-bond donors (Lipinski definition) is 2. The lowest BCUT2D eigenvalue weighted by atomic mass is 9.98. The lowest BCUT2D eigenvalue weighted by Gasteiger charge is -2.34. The second-order valence-corrected chi connectivity index (χ2v) is 6.45. The van der Waals surface area contributed by atoms with Gasteiger partial charge in [0.2, 0.25) is 5.95 Å². The molecule has 0 unspecified atom stereocenters. The molecule has 0 aliphatic carbocycles. The van der Waals surface area contributed by atoms with Gasteiger partial charge in [0, 0.05) is 44.2 Å². The van der Waals surface area contributed by atoms with Gasteiger partial charge in [0.05, 0.1) is 0 Å². The highest BCUT2D eigenvalue weighted by Crippen LogP contribution is 2.22. The molecule has 2 aromatic rings. The van der Waals surface area contributed by atoms with Crippen LogP contribution in [0.2, 0.25) is 0 Å². The standard InChI is InChI=1S/C19H26N4O/c1-15-3-5-16(6-4-15)18(9-14-24)22-17-7-12-23(13-8-17)19-20-10-2-11-21-19/h2-6,10-11,17-18,22,24H,7-9,12-14H2,1H3/t18-/m0/s1. The molecule has 1 fully saturated rings. The first kappa shape index (κ1) is 16.9. The number of aryl methyl sites for hydroxylation is 1. The molecule has 0 amide bonds. The Bertz CT molecular complexity index is 609. The maximum atomic E-state index is 9.41. The molecular weight excluding hydrogens is 300 g/mol. The molecule has 5 heteroatoms. The highest BCUT2D eigenvalue weighted by atomic mass is 16.3. The third-order valence-corrected chi connectivity index (χ3v) is 4.66. The van der Waals surface area contributed by atoms with Gasteiger partial charge in [0.1, 0.15) is 0 Å². The number of piperidine rings is 1. The maximum Gasteiger partial charge on any atom is 0.225 e. The number of aliphatic hydroxyl groups excluding tert-OH is 1. The molecule has 2 heterocycles. The zero-order valence-corrected chi connectivity index (χ0v) is 14.2. The molecule has 0 radical (unpaired) electrons. The molecule has 2 N–H and O–H groups in total. The predicted molar refractivity (Wildman–Crippen MR) is 96.0 cm³/mol. The van der Waals surface area contributed by atoms with Crippen molar-refractivity contribution in [1.29, 1.82) is 0 Å². The summed E-state index contributed by atoms with van der Waals surface area (Å²) in [6.07, 6.45) is 6.45. The summed E-state index contributed by atoms with van der Waals surface area (Å²) in [5, 5.41) is 13.1. The Labute approximate surface area is 143 Å². The van der Waals surface area contributed by atoms with Crippen LogP contribution in [-0.2, 0) is 0 Å². The van der Waals surface area contributed by atoms with Crippen molar-refractivity contribution in [2.75, 3.05) is 24.6 Å². The minimum Gasteiger partial charge on any atom is -0.396 e. The van der Waals surface area contributed by atoms with Crippen molar-refractivity contribution in [2.45, 2.75) is 38.3 Å². The van der Waals surface area contributed by atoms with Gasteiger partial charge in [0.25, 0.3) is 0 Å². The van der Waals surface area contributed by atoms with Crippen LogP contribution in [0, 0.1) is 6.92 Å². The van der Waals surface area contributed by atoms with Crippen molar-refractivity contribution in [3.05, 3.63) is 53.9 Å². The molecule has 1 aliphatic heterocycles. The lowest BCUT2D eigenvalue weighted by Crippen LogP contribution is -2.44. The summed E-state index contributed by atoms with van der Waals surface area (Å²) in [6, 6.07) is 11.1. The van der Waals surface area contributed by atoms with Crippen LogP contribution in [0.25, 0.3) is 0 Å². The molecule has 1 atom stereocenters. The molecule has 128 valence electrons. The Morgan fingerprint density at radius 3 is 2.46 bits per heavy atom. The molecule has 0 spiro atoms. The summed E-state index contributed by atoms with van der Waals surface area (Å²) >= 11 is 0. The van der Waals surface area contributed by atoms with Crippen LogP contribution in [0.4, 0.5) is 5.95 Å². The topological polar surface area (TPSA) is 61.3 Å². The van der Waals surface area contributed by atoms with Crippen molar-refractivity contribution in [3.8, 4) is 0 Å². The first-order chi connectivity index (χ1) is 11.8. The number of benzene rings is 1. The van der Waals surface area contributed by atoms with Gasteiger partial charge in [-0.25, -0.2) is 9.97 Å². The summed E-state index contributed by atoms with van der Waals surface area (Å²) in [7, 11) is 0. The van der Waals surface area contributed by atoms with E-state index in [0.717, 1.165) is 38.3 Å². The number of rotatable bonds is 6. The largest absolute Gasteiger partial charge is 0.396 e. The zero-order valence-electron chi connectivity index (χ0n) is 14.2. The van der Waals surface area contributed by atoms with Crippen molar-refractivity contribution >= 4 is 5.95 Å². The van der Waals surface area contributed by atoms with E-state index >= 15 is 0 Å². The fraction of sp³-hybridized carbons (Fsp3) is 0.474. The number of aromatic nitrogens is 2. The maximum absolute atomic E-state index is 9.41. The molecule has 5 nitrogen and oxygen atoms in total. The van der Waals surface area contributed by atoms with Crippen LogP contribution in [0.1, 0.15) is 36.4 Å². The van der Waals surface area contributed by atoms with Gasteiger partial charge < -0.3 is 15.3 Å². The monoisotopic (exact) mass is 326 g/mol. The quantitative estimate of drug-likeness (QED) is 0.854. The fourth-order valence-electron chi connectivity index (χ4n) is 3.26. The van der Waals surface area contributed by atoms with E-state index in [2.05, 4.69) is 51.4 Å². The van der Waals surface area contributed by atoms with Crippen molar-refractivity contribution in [1.82, 2.24) is 15.3 Å². The number of nitrogens with zero attached hydrogens (tertiary/aromatic N) is 3. The van der Waals surface area contributed by atoms with E-state index in [1.54, 1.807) is 12.4 Å². The number of aliphatic hydroxyl groups is 1. The van der Waals surface area contributed by atoms with E-state index in [4.69, 9.17) is 0 Å². The molecule has 1 aliphatic rings. The van der Waals surface area contributed by atoms with Crippen LogP contribution in [0.15, 0.2) is 42.7 Å². The Kier molecular flexibility index (Phi) is 5.77. The van der Waals surface area contributed by atoms with Gasteiger partial charge in [-0.05, 0) is 37.8 Å². The lowest BCUT2D eigenvalue weighted by molar-refractivity contribution is 0.252. The van der Waals surface area contributed by atoms with Gasteiger partial charge in [-0.2, -0.15) is 0 Å². The van der Waals surface area contributed by atoms with Crippen LogP contribution in [0.3, 0.4) is 0 Å². The average Bonchev–Trinajstić information content (AvgIpc) is 2.63. The Hall–Kier alpha value is -1.98. The highest BCUT2D eigenvalue weighted by Gasteiger charge is 2.23. The summed E-state index contributed by atoms with van der Waals surface area (Å²) in [5.74, 6) is 0.821. The van der Waals surface area contributed by atoms with Crippen LogP contribution in [0.5, 0.6) is 0 Å². The first-order valence-electron chi connectivity index (χ1n) is 8.71. The van der Waals surface area contributed by atoms with Crippen LogP contribution < -0.4 is 10.2 Å². The normalized spacial score (nSPS) is 17.0. The number of anilines is 1.